The molecule has 2 unspecified atom stereocenters. The third kappa shape index (κ3) is 46.8. The normalized spacial score (nSPS) is 13.3. The Kier molecular flexibility index (Phi) is 43.4. The van der Waals surface area contributed by atoms with E-state index in [1.807, 2.05) is 21.1 Å². The molecule has 9 heteroatoms. The van der Waals surface area contributed by atoms with Gasteiger partial charge in [-0.05, 0) is 83.5 Å². The minimum absolute atomic E-state index is 0.181. The lowest BCUT2D eigenvalue weighted by Crippen LogP contribution is -2.40. The van der Waals surface area contributed by atoms with Crippen LogP contribution in [0.3, 0.4) is 0 Å². The number of hydrogen-bond acceptors (Lipinski definition) is 7. The van der Waals surface area contributed by atoms with E-state index in [9.17, 15) is 19.5 Å². The van der Waals surface area contributed by atoms with E-state index in [-0.39, 0.29) is 38.6 Å². The van der Waals surface area contributed by atoms with E-state index >= 15 is 0 Å². The lowest BCUT2D eigenvalue weighted by molar-refractivity contribution is -0.870. The Labute approximate surface area is 386 Å². The summed E-state index contributed by atoms with van der Waals surface area (Å²) in [6.07, 6.45) is 52.7. The molecule has 364 valence electrons. The van der Waals surface area contributed by atoms with Gasteiger partial charge in [-0.2, -0.15) is 0 Å². The zero-order valence-corrected chi connectivity index (χ0v) is 41.2. The van der Waals surface area contributed by atoms with Gasteiger partial charge in [-0.25, -0.2) is 4.79 Å². The molecule has 63 heavy (non-hydrogen) atoms. The number of carbonyl (C=O) groups is 3. The molecule has 0 spiro atoms. The number of likely N-dealkylation sites (N-methyl/N-ethyl adjacent to an activating group) is 1. The Morgan fingerprint density at radius 3 is 1.30 bits per heavy atom. The van der Waals surface area contributed by atoms with Gasteiger partial charge in [0.2, 0.25) is 0 Å². The number of ether oxygens (including phenoxy) is 4. The van der Waals surface area contributed by atoms with Gasteiger partial charge in [0.25, 0.3) is 6.29 Å². The second-order valence-corrected chi connectivity index (χ2v) is 18.1. The molecule has 0 aromatic carbocycles. The zero-order chi connectivity index (χ0) is 46.3. The van der Waals surface area contributed by atoms with Gasteiger partial charge >= 0.3 is 17.9 Å². The Bertz CT molecular complexity index is 1220. The molecule has 9 nitrogen and oxygen atoms in total. The van der Waals surface area contributed by atoms with E-state index in [0.29, 0.717) is 17.4 Å². The highest BCUT2D eigenvalue weighted by molar-refractivity contribution is 5.71. The highest BCUT2D eigenvalue weighted by atomic mass is 16.7. The predicted molar refractivity (Wildman–Crippen MR) is 263 cm³/mol. The van der Waals surface area contributed by atoms with Crippen molar-refractivity contribution < 1.29 is 42.9 Å². The molecule has 0 rings (SSSR count). The summed E-state index contributed by atoms with van der Waals surface area (Å²) in [7, 11) is 5.95. The van der Waals surface area contributed by atoms with Crippen LogP contribution in [0.4, 0.5) is 0 Å². The molecule has 0 fully saturated rings. The van der Waals surface area contributed by atoms with Crippen LogP contribution in [0.15, 0.2) is 60.8 Å². The number of quaternary nitrogens is 1. The van der Waals surface area contributed by atoms with E-state index in [1.165, 1.54) is 83.5 Å². The number of carbonyl (C=O) groups excluding carboxylic acids is 2. The Morgan fingerprint density at radius 2 is 0.857 bits per heavy atom. The van der Waals surface area contributed by atoms with Crippen LogP contribution < -0.4 is 0 Å². The summed E-state index contributed by atoms with van der Waals surface area (Å²) in [5.74, 6) is -2.04. The van der Waals surface area contributed by atoms with Crippen molar-refractivity contribution in [2.45, 2.75) is 219 Å². The van der Waals surface area contributed by atoms with Gasteiger partial charge in [0.05, 0.1) is 34.4 Å². The lowest BCUT2D eigenvalue weighted by atomic mass is 10.1. The fraction of sp³-hybridized carbons (Fsp3) is 0.759. The van der Waals surface area contributed by atoms with Crippen LogP contribution in [0, 0.1) is 0 Å². The van der Waals surface area contributed by atoms with Crippen LogP contribution in [0.25, 0.3) is 0 Å². The summed E-state index contributed by atoms with van der Waals surface area (Å²) in [6, 6.07) is 0. The first kappa shape index (κ1) is 60.0. The summed E-state index contributed by atoms with van der Waals surface area (Å²) >= 11 is 0. The molecule has 0 saturated carbocycles. The first-order chi connectivity index (χ1) is 30.6. The van der Waals surface area contributed by atoms with E-state index in [0.717, 1.165) is 89.9 Å². The third-order valence-electron chi connectivity index (χ3n) is 10.7. The highest BCUT2D eigenvalue weighted by Gasteiger charge is 2.25. The molecule has 1 N–H and O–H groups in total. The highest BCUT2D eigenvalue weighted by Crippen LogP contribution is 2.14. The van der Waals surface area contributed by atoms with Crippen LogP contribution in [-0.4, -0.2) is 87.4 Å². The number of allylic oxidation sites excluding steroid dienone is 10. The van der Waals surface area contributed by atoms with Crippen LogP contribution in [0.1, 0.15) is 206 Å². The number of aliphatic carboxylic acids is 1. The molecule has 0 saturated heterocycles. The zero-order valence-electron chi connectivity index (χ0n) is 41.2. The lowest BCUT2D eigenvalue weighted by Gasteiger charge is -2.25. The summed E-state index contributed by atoms with van der Waals surface area (Å²) < 4.78 is 22.8. The van der Waals surface area contributed by atoms with Gasteiger partial charge in [0, 0.05) is 12.8 Å². The molecule has 0 bridgehead atoms. The minimum atomic E-state index is -1.52. The Hall–Kier alpha value is -3.01. The number of rotatable bonds is 46. The monoisotopic (exact) mass is 887 g/mol. The van der Waals surface area contributed by atoms with Crippen LogP contribution in [-0.2, 0) is 33.3 Å². The average Bonchev–Trinajstić information content (AvgIpc) is 3.24. The number of hydrogen-bond donors (Lipinski definition) is 1. The van der Waals surface area contributed by atoms with Crippen molar-refractivity contribution in [3.63, 3.8) is 0 Å². The van der Waals surface area contributed by atoms with Crippen LogP contribution >= 0.6 is 0 Å². The smallest absolute Gasteiger partial charge is 0.361 e. The van der Waals surface area contributed by atoms with Crippen LogP contribution in [0.5, 0.6) is 0 Å². The number of carboxylic acids is 1. The summed E-state index contributed by atoms with van der Waals surface area (Å²) in [4.78, 5) is 37.3. The van der Waals surface area contributed by atoms with Crippen molar-refractivity contribution >= 4 is 17.9 Å². The molecule has 0 aliphatic heterocycles. The standard InChI is InChI=1S/C54H95NO8/c1-6-8-10-12-14-16-18-20-22-24-25-26-27-29-31-33-35-37-39-41-43-45-52(57)63-50(49-62-54(53(58)59)60-47-46-55(3,4)5)48-61-51(56)44-42-40-38-36-34-32-30-28-23-21-19-17-15-13-11-9-7-2/h15,17-18,20-21,23-25,27,29,50,54H,6-14,16,19,22,26,28,30-49H2,1-5H3/p+1/b17-15-,20-18-,23-21-,25-24-,29-27-. The molecule has 2 atom stereocenters. The molecular formula is C54H96NO8+. The Balaban J connectivity index is 4.41. The average molecular weight is 887 g/mol. The largest absolute Gasteiger partial charge is 0.477 e. The van der Waals surface area contributed by atoms with Gasteiger partial charge in [-0.3, -0.25) is 9.59 Å². The summed E-state index contributed by atoms with van der Waals surface area (Å²) in [5.41, 5.74) is 0. The van der Waals surface area contributed by atoms with Gasteiger partial charge in [0.1, 0.15) is 13.2 Å². The molecule has 0 aliphatic carbocycles. The maximum absolute atomic E-state index is 12.8. The quantitative estimate of drug-likeness (QED) is 0.0212. The minimum Gasteiger partial charge on any atom is -0.477 e. The van der Waals surface area contributed by atoms with E-state index in [1.54, 1.807) is 0 Å². The first-order valence-electron chi connectivity index (χ1n) is 25.5. The maximum Gasteiger partial charge on any atom is 0.361 e. The molecule has 0 radical (unpaired) electrons. The van der Waals surface area contributed by atoms with E-state index in [2.05, 4.69) is 74.6 Å². The van der Waals surface area contributed by atoms with Gasteiger partial charge < -0.3 is 28.5 Å². The first-order valence-corrected chi connectivity index (χ1v) is 25.5. The van der Waals surface area contributed by atoms with Crippen molar-refractivity contribution in [1.29, 1.82) is 0 Å². The molecule has 0 heterocycles. The molecule has 0 aromatic heterocycles. The predicted octanol–water partition coefficient (Wildman–Crippen LogP) is 14.1. The van der Waals surface area contributed by atoms with Crippen molar-refractivity contribution in [1.82, 2.24) is 0 Å². The van der Waals surface area contributed by atoms with Crippen molar-refractivity contribution in [3.8, 4) is 0 Å². The number of unbranched alkanes of at least 4 members (excludes halogenated alkanes) is 21. The third-order valence-corrected chi connectivity index (χ3v) is 10.7. The SMILES string of the molecule is CCCCC/C=C\C/C=C\CCCCCCCCCC(=O)OCC(COC(OCC[N+](C)(C)C)C(=O)O)OC(=O)CCCCCCCC/C=C\C/C=C\C/C=C\CCCCCCC. The number of esters is 2. The summed E-state index contributed by atoms with van der Waals surface area (Å²) in [5, 5.41) is 9.67. The van der Waals surface area contributed by atoms with Gasteiger partial charge in [-0.1, -0.05) is 171 Å². The van der Waals surface area contributed by atoms with E-state index < -0.39 is 24.3 Å². The second-order valence-electron chi connectivity index (χ2n) is 18.1. The van der Waals surface area contributed by atoms with Gasteiger partial charge in [0.15, 0.2) is 6.10 Å². The summed E-state index contributed by atoms with van der Waals surface area (Å²) in [6.45, 7) is 4.81. The molecular weight excluding hydrogens is 791 g/mol. The van der Waals surface area contributed by atoms with Gasteiger partial charge in [-0.15, -0.1) is 0 Å². The molecule has 0 aliphatic rings. The second kappa shape index (κ2) is 45.6. The van der Waals surface area contributed by atoms with Crippen molar-refractivity contribution in [3.05, 3.63) is 60.8 Å². The molecule has 0 amide bonds. The number of nitrogens with zero attached hydrogens (tertiary/aromatic N) is 1. The fourth-order valence-electron chi connectivity index (χ4n) is 6.75. The number of carboxylic acid groups (broad SMARTS) is 1. The topological polar surface area (TPSA) is 108 Å². The van der Waals surface area contributed by atoms with Crippen molar-refractivity contribution in [2.75, 3.05) is 47.5 Å². The fourth-order valence-corrected chi connectivity index (χ4v) is 6.75. The maximum atomic E-state index is 12.8. The van der Waals surface area contributed by atoms with E-state index in [4.69, 9.17) is 18.9 Å². The van der Waals surface area contributed by atoms with Crippen molar-refractivity contribution in [2.24, 2.45) is 0 Å². The van der Waals surface area contributed by atoms with Crippen LogP contribution in [0.2, 0.25) is 0 Å². The molecule has 0 aromatic rings. The Morgan fingerprint density at radius 1 is 0.476 bits per heavy atom.